The number of hydrogen-bond acceptors (Lipinski definition) is 4. The van der Waals surface area contributed by atoms with Gasteiger partial charge < -0.3 is 15.2 Å². The number of hydrogen-bond donors (Lipinski definition) is 2. The van der Waals surface area contributed by atoms with Gasteiger partial charge in [-0.3, -0.25) is 9.59 Å². The summed E-state index contributed by atoms with van der Waals surface area (Å²) in [5, 5.41) is 11.2. The zero-order valence-electron chi connectivity index (χ0n) is 14.6. The molecular formula is C19H24FNO4. The molecule has 1 rings (SSSR count). The number of methoxy groups -OCH3 is 1. The fourth-order valence-corrected chi connectivity index (χ4v) is 2.73. The molecule has 0 heterocycles. The van der Waals surface area contributed by atoms with E-state index in [2.05, 4.69) is 23.7 Å². The first-order valence-electron chi connectivity index (χ1n) is 8.12. The molecule has 5 nitrogen and oxygen atoms in total. The Bertz CT molecular complexity index is 640. The van der Waals surface area contributed by atoms with Crippen molar-refractivity contribution in [3.63, 3.8) is 0 Å². The van der Waals surface area contributed by atoms with Gasteiger partial charge in [-0.2, -0.15) is 0 Å². The van der Waals surface area contributed by atoms with Gasteiger partial charge in [0.2, 0.25) is 5.91 Å². The zero-order chi connectivity index (χ0) is 18.8. The van der Waals surface area contributed by atoms with Gasteiger partial charge in [-0.05, 0) is 37.5 Å². The van der Waals surface area contributed by atoms with Gasteiger partial charge in [0.25, 0.3) is 0 Å². The van der Waals surface area contributed by atoms with Crippen LogP contribution < -0.4 is 5.32 Å². The summed E-state index contributed by atoms with van der Waals surface area (Å²) in [6.45, 7) is 4.63. The zero-order valence-corrected chi connectivity index (χ0v) is 14.6. The van der Waals surface area contributed by atoms with Crippen molar-refractivity contribution >= 4 is 11.9 Å². The maximum Gasteiger partial charge on any atom is 0.309 e. The maximum absolute atomic E-state index is 13.6. The van der Waals surface area contributed by atoms with Crippen molar-refractivity contribution in [1.82, 2.24) is 5.32 Å². The Kier molecular flexibility index (Phi) is 8.65. The average Bonchev–Trinajstić information content (AvgIpc) is 2.62. The quantitative estimate of drug-likeness (QED) is 0.454. The SMILES string of the molecule is C=C(F)/C(=C\C=C(/C)C#CCO)NC(=O)[C@H]1CCCC[C@@H]1C(=O)OC. The minimum Gasteiger partial charge on any atom is -0.469 e. The maximum atomic E-state index is 13.6. The van der Waals surface area contributed by atoms with Gasteiger partial charge in [0.05, 0.1) is 24.6 Å². The highest BCUT2D eigenvalue weighted by atomic mass is 19.1. The second-order valence-corrected chi connectivity index (χ2v) is 5.80. The normalized spacial score (nSPS) is 21.0. The lowest BCUT2D eigenvalue weighted by atomic mass is 9.78. The van der Waals surface area contributed by atoms with Gasteiger partial charge >= 0.3 is 5.97 Å². The summed E-state index contributed by atoms with van der Waals surface area (Å²) < 4.78 is 18.4. The van der Waals surface area contributed by atoms with Crippen LogP contribution in [0, 0.1) is 23.7 Å². The lowest BCUT2D eigenvalue weighted by molar-refractivity contribution is -0.151. The molecule has 0 aromatic rings. The van der Waals surface area contributed by atoms with Crippen LogP contribution in [0.1, 0.15) is 32.6 Å². The van der Waals surface area contributed by atoms with Crippen molar-refractivity contribution in [3.8, 4) is 11.8 Å². The highest BCUT2D eigenvalue weighted by Crippen LogP contribution is 2.31. The van der Waals surface area contributed by atoms with Crippen LogP contribution in [0.15, 0.2) is 35.8 Å². The number of esters is 1. The molecule has 25 heavy (non-hydrogen) atoms. The lowest BCUT2D eigenvalue weighted by Crippen LogP contribution is -2.40. The lowest BCUT2D eigenvalue weighted by Gasteiger charge is -2.28. The van der Waals surface area contributed by atoms with E-state index in [-0.39, 0.29) is 12.3 Å². The summed E-state index contributed by atoms with van der Waals surface area (Å²) in [6, 6.07) is 0. The summed E-state index contributed by atoms with van der Waals surface area (Å²) in [5.74, 6) is 2.43. The molecule has 136 valence electrons. The van der Waals surface area contributed by atoms with Crippen LogP contribution in [0.5, 0.6) is 0 Å². The van der Waals surface area contributed by atoms with Crippen LogP contribution in [-0.4, -0.2) is 30.7 Å². The Morgan fingerprint density at radius 1 is 1.32 bits per heavy atom. The fourth-order valence-electron chi connectivity index (χ4n) is 2.73. The van der Waals surface area contributed by atoms with Crippen molar-refractivity contribution in [3.05, 3.63) is 35.8 Å². The highest BCUT2D eigenvalue weighted by Gasteiger charge is 2.36. The minimum absolute atomic E-state index is 0.0793. The summed E-state index contributed by atoms with van der Waals surface area (Å²) in [6.07, 6.45) is 5.69. The Labute approximate surface area is 147 Å². The molecule has 1 amide bonds. The molecule has 2 atom stereocenters. The third-order valence-electron chi connectivity index (χ3n) is 4.02. The van der Waals surface area contributed by atoms with E-state index in [0.717, 1.165) is 12.8 Å². The van der Waals surface area contributed by atoms with Gasteiger partial charge in [0.1, 0.15) is 12.4 Å². The van der Waals surface area contributed by atoms with Crippen LogP contribution in [0.3, 0.4) is 0 Å². The van der Waals surface area contributed by atoms with Crippen molar-refractivity contribution in [1.29, 1.82) is 0 Å². The van der Waals surface area contributed by atoms with E-state index < -0.39 is 29.5 Å². The second-order valence-electron chi connectivity index (χ2n) is 5.80. The summed E-state index contributed by atoms with van der Waals surface area (Å²) >= 11 is 0. The Morgan fingerprint density at radius 2 is 1.96 bits per heavy atom. The van der Waals surface area contributed by atoms with E-state index >= 15 is 0 Å². The topological polar surface area (TPSA) is 75.6 Å². The molecule has 0 aromatic carbocycles. The van der Waals surface area contributed by atoms with E-state index in [1.54, 1.807) is 6.92 Å². The third-order valence-corrected chi connectivity index (χ3v) is 4.02. The summed E-state index contributed by atoms with van der Waals surface area (Å²) in [7, 11) is 1.29. The van der Waals surface area contributed by atoms with Crippen molar-refractivity contribution < 1.29 is 23.8 Å². The molecule has 1 saturated carbocycles. The summed E-state index contributed by atoms with van der Waals surface area (Å²) in [5.41, 5.74) is 0.511. The van der Waals surface area contributed by atoms with E-state index in [9.17, 15) is 14.0 Å². The molecule has 1 aliphatic carbocycles. The number of aliphatic hydroxyl groups excluding tert-OH is 1. The van der Waals surface area contributed by atoms with Crippen molar-refractivity contribution in [2.45, 2.75) is 32.6 Å². The Morgan fingerprint density at radius 3 is 2.52 bits per heavy atom. The number of carbonyl (C=O) groups is 2. The standard InChI is InChI=1S/C19H24FNO4/c1-13(7-6-12-22)10-11-17(14(2)20)21-18(23)15-8-4-5-9-16(15)19(24)25-3/h10-11,15-16,22H,2,4-5,8-9,12H2,1,3H3,(H,21,23)/b13-10+,17-11+/t15-,16-/m0/s1. The highest BCUT2D eigenvalue weighted by molar-refractivity contribution is 5.87. The van der Waals surface area contributed by atoms with E-state index in [1.165, 1.54) is 19.3 Å². The molecule has 1 aliphatic rings. The number of halogens is 1. The van der Waals surface area contributed by atoms with Crippen LogP contribution in [0.4, 0.5) is 4.39 Å². The predicted molar refractivity (Wildman–Crippen MR) is 92.6 cm³/mol. The first kappa shape index (κ1) is 20.7. The third kappa shape index (κ3) is 6.55. The van der Waals surface area contributed by atoms with E-state index in [4.69, 9.17) is 9.84 Å². The number of amides is 1. The predicted octanol–water partition coefficient (Wildman–Crippen LogP) is 2.39. The second kappa shape index (κ2) is 10.5. The van der Waals surface area contributed by atoms with Crippen molar-refractivity contribution in [2.24, 2.45) is 11.8 Å². The number of rotatable bonds is 5. The molecule has 6 heteroatoms. The molecule has 0 aliphatic heterocycles. The number of aliphatic hydroxyl groups is 1. The molecule has 2 N–H and O–H groups in total. The fraction of sp³-hybridized carbons (Fsp3) is 0.474. The largest absolute Gasteiger partial charge is 0.469 e. The summed E-state index contributed by atoms with van der Waals surface area (Å²) in [4.78, 5) is 24.4. The average molecular weight is 349 g/mol. The number of allylic oxidation sites excluding steroid dienone is 4. The van der Waals surface area contributed by atoms with Gasteiger partial charge in [-0.25, -0.2) is 4.39 Å². The molecule has 0 bridgehead atoms. The molecule has 0 aromatic heterocycles. The van der Waals surface area contributed by atoms with Gasteiger partial charge in [-0.1, -0.05) is 31.3 Å². The molecule has 0 radical (unpaired) electrons. The monoisotopic (exact) mass is 349 g/mol. The van der Waals surface area contributed by atoms with Gasteiger partial charge in [0, 0.05) is 0 Å². The smallest absolute Gasteiger partial charge is 0.309 e. The van der Waals surface area contributed by atoms with Gasteiger partial charge in [0.15, 0.2) is 0 Å². The van der Waals surface area contributed by atoms with Crippen molar-refractivity contribution in [2.75, 3.05) is 13.7 Å². The Hall–Kier alpha value is -2.39. The van der Waals surface area contributed by atoms with Gasteiger partial charge in [-0.15, -0.1) is 0 Å². The van der Waals surface area contributed by atoms with Crippen LogP contribution in [-0.2, 0) is 14.3 Å². The molecule has 0 unspecified atom stereocenters. The van der Waals surface area contributed by atoms with E-state index in [1.807, 2.05) is 0 Å². The van der Waals surface area contributed by atoms with Crippen LogP contribution in [0.25, 0.3) is 0 Å². The molecular weight excluding hydrogens is 325 g/mol. The van der Waals surface area contributed by atoms with Crippen LogP contribution >= 0.6 is 0 Å². The van der Waals surface area contributed by atoms with E-state index in [0.29, 0.717) is 18.4 Å². The van der Waals surface area contributed by atoms with Crippen LogP contribution in [0.2, 0.25) is 0 Å². The first-order valence-corrected chi connectivity index (χ1v) is 8.12. The first-order chi connectivity index (χ1) is 11.9. The Balaban J connectivity index is 2.91. The minimum atomic E-state index is -0.794. The molecule has 0 saturated heterocycles. The number of ether oxygens (including phenoxy) is 1. The molecule has 1 fully saturated rings. The number of nitrogens with one attached hydrogen (secondary N) is 1. The number of carbonyl (C=O) groups excluding carboxylic acids is 2. The molecule has 0 spiro atoms.